The van der Waals surface area contributed by atoms with E-state index in [2.05, 4.69) is 29.5 Å². The standard InChI is InChI=1S/C21H34N4O2.HI/c1-4-22-21(24-13-15-27-19-9-7-17(2)8-10-19)23-12-11-20(26)25-14-5-6-18(3)16-25;/h7-10,18H,4-6,11-16H2,1-3H3,(H2,22,23,24);1H. The number of carbonyl (C=O) groups is 1. The molecule has 1 unspecified atom stereocenters. The van der Waals surface area contributed by atoms with Crippen molar-refractivity contribution in [3.63, 3.8) is 0 Å². The Morgan fingerprint density at radius 2 is 2.04 bits per heavy atom. The van der Waals surface area contributed by atoms with E-state index in [1.165, 1.54) is 12.0 Å². The Labute approximate surface area is 186 Å². The molecular weight excluding hydrogens is 467 g/mol. The summed E-state index contributed by atoms with van der Waals surface area (Å²) in [7, 11) is 0. The third kappa shape index (κ3) is 9.12. The van der Waals surface area contributed by atoms with Crippen molar-refractivity contribution in [1.82, 2.24) is 15.5 Å². The third-order valence-corrected chi connectivity index (χ3v) is 4.63. The van der Waals surface area contributed by atoms with Crippen LogP contribution in [0.4, 0.5) is 0 Å². The highest BCUT2D eigenvalue weighted by Gasteiger charge is 2.20. The minimum absolute atomic E-state index is 0. The van der Waals surface area contributed by atoms with Gasteiger partial charge in [-0.25, -0.2) is 0 Å². The molecule has 1 amide bonds. The largest absolute Gasteiger partial charge is 0.492 e. The van der Waals surface area contributed by atoms with Crippen molar-refractivity contribution in [2.45, 2.75) is 40.0 Å². The quantitative estimate of drug-likeness (QED) is 0.248. The lowest BCUT2D eigenvalue weighted by atomic mass is 10.00. The van der Waals surface area contributed by atoms with Gasteiger partial charge in [0.25, 0.3) is 0 Å². The summed E-state index contributed by atoms with van der Waals surface area (Å²) in [6.45, 7) is 10.6. The van der Waals surface area contributed by atoms with Gasteiger partial charge in [0.1, 0.15) is 12.4 Å². The smallest absolute Gasteiger partial charge is 0.224 e. The first-order chi connectivity index (χ1) is 13.1. The molecule has 6 nitrogen and oxygen atoms in total. The van der Waals surface area contributed by atoms with Crippen LogP contribution in [0.15, 0.2) is 29.3 Å². The summed E-state index contributed by atoms with van der Waals surface area (Å²) in [5, 5.41) is 6.46. The molecule has 1 atom stereocenters. The summed E-state index contributed by atoms with van der Waals surface area (Å²) in [5.74, 6) is 2.41. The van der Waals surface area contributed by atoms with Crippen LogP contribution in [0.5, 0.6) is 5.75 Å². The average Bonchev–Trinajstić information content (AvgIpc) is 2.66. The number of aryl methyl sites for hydroxylation is 1. The number of hydrogen-bond donors (Lipinski definition) is 2. The van der Waals surface area contributed by atoms with Crippen molar-refractivity contribution in [3.8, 4) is 5.75 Å². The molecule has 0 spiro atoms. The normalized spacial score (nSPS) is 16.9. The highest BCUT2D eigenvalue weighted by atomic mass is 127. The maximum atomic E-state index is 12.3. The van der Waals surface area contributed by atoms with E-state index < -0.39 is 0 Å². The summed E-state index contributed by atoms with van der Waals surface area (Å²) in [5.41, 5.74) is 1.22. The Kier molecular flexibility index (Phi) is 11.9. The van der Waals surface area contributed by atoms with Gasteiger partial charge >= 0.3 is 0 Å². The number of piperidine rings is 1. The van der Waals surface area contributed by atoms with Crippen LogP contribution in [0.1, 0.15) is 38.7 Å². The van der Waals surface area contributed by atoms with E-state index in [0.717, 1.165) is 37.8 Å². The molecule has 7 heteroatoms. The first-order valence-electron chi connectivity index (χ1n) is 10.1. The van der Waals surface area contributed by atoms with Crippen molar-refractivity contribution >= 4 is 35.8 Å². The van der Waals surface area contributed by atoms with Crippen molar-refractivity contribution < 1.29 is 9.53 Å². The molecule has 1 aliphatic heterocycles. The third-order valence-electron chi connectivity index (χ3n) is 4.63. The molecule has 0 saturated carbocycles. The zero-order chi connectivity index (χ0) is 19.5. The van der Waals surface area contributed by atoms with Gasteiger partial charge < -0.3 is 20.3 Å². The maximum Gasteiger partial charge on any atom is 0.224 e. The Morgan fingerprint density at radius 1 is 1.29 bits per heavy atom. The molecule has 28 heavy (non-hydrogen) atoms. The van der Waals surface area contributed by atoms with Crippen LogP contribution in [0.3, 0.4) is 0 Å². The highest BCUT2D eigenvalue weighted by molar-refractivity contribution is 14.0. The van der Waals surface area contributed by atoms with E-state index in [1.807, 2.05) is 36.1 Å². The number of nitrogens with one attached hydrogen (secondary N) is 2. The van der Waals surface area contributed by atoms with Gasteiger partial charge in [0.15, 0.2) is 5.96 Å². The minimum Gasteiger partial charge on any atom is -0.492 e. The Balaban J connectivity index is 0.00000392. The summed E-state index contributed by atoms with van der Waals surface area (Å²) in [6, 6.07) is 8.02. The van der Waals surface area contributed by atoms with Crippen LogP contribution in [-0.4, -0.2) is 56.1 Å². The van der Waals surface area contributed by atoms with Crippen LogP contribution in [0, 0.1) is 12.8 Å². The Morgan fingerprint density at radius 3 is 2.71 bits per heavy atom. The van der Waals surface area contributed by atoms with Crippen LogP contribution < -0.4 is 15.4 Å². The zero-order valence-electron chi connectivity index (χ0n) is 17.4. The molecule has 2 N–H and O–H groups in total. The van der Waals surface area contributed by atoms with Gasteiger partial charge in [-0.05, 0) is 44.7 Å². The molecule has 1 aliphatic rings. The number of nitrogens with zero attached hydrogens (tertiary/aromatic N) is 2. The van der Waals surface area contributed by atoms with E-state index in [-0.39, 0.29) is 29.9 Å². The highest BCUT2D eigenvalue weighted by Crippen LogP contribution is 2.16. The summed E-state index contributed by atoms with van der Waals surface area (Å²) < 4.78 is 5.72. The second-order valence-electron chi connectivity index (χ2n) is 7.19. The molecule has 0 aliphatic carbocycles. The number of rotatable bonds is 8. The van der Waals surface area contributed by atoms with Crippen molar-refractivity contribution in [2.75, 3.05) is 39.3 Å². The van der Waals surface area contributed by atoms with E-state index in [9.17, 15) is 4.79 Å². The molecular formula is C21H35IN4O2. The lowest BCUT2D eigenvalue weighted by molar-refractivity contribution is -0.132. The predicted octanol–water partition coefficient (Wildman–Crippen LogP) is 3.20. The van der Waals surface area contributed by atoms with Crippen LogP contribution in [0.25, 0.3) is 0 Å². The number of amides is 1. The molecule has 1 aromatic carbocycles. The van der Waals surface area contributed by atoms with E-state index in [4.69, 9.17) is 4.74 Å². The number of hydrogen-bond acceptors (Lipinski definition) is 3. The second kappa shape index (κ2) is 13.6. The zero-order valence-corrected chi connectivity index (χ0v) is 19.7. The lowest BCUT2D eigenvalue weighted by Crippen LogP contribution is -2.40. The summed E-state index contributed by atoms with van der Waals surface area (Å²) >= 11 is 0. The van der Waals surface area contributed by atoms with E-state index >= 15 is 0 Å². The van der Waals surface area contributed by atoms with Gasteiger partial charge in [-0.2, -0.15) is 0 Å². The average molecular weight is 502 g/mol. The minimum atomic E-state index is 0. The fourth-order valence-electron chi connectivity index (χ4n) is 3.15. The number of halogens is 1. The maximum absolute atomic E-state index is 12.3. The molecule has 0 radical (unpaired) electrons. The number of ether oxygens (including phenoxy) is 1. The molecule has 1 fully saturated rings. The number of carbonyl (C=O) groups excluding carboxylic acids is 1. The Bertz CT molecular complexity index is 607. The first kappa shape index (κ1) is 24.5. The molecule has 1 aromatic rings. The first-order valence-corrected chi connectivity index (χ1v) is 10.1. The number of benzene rings is 1. The van der Waals surface area contributed by atoms with Gasteiger partial charge in [0.05, 0.1) is 13.1 Å². The number of aliphatic imine (C=N–C) groups is 1. The van der Waals surface area contributed by atoms with Crippen molar-refractivity contribution in [2.24, 2.45) is 10.9 Å². The van der Waals surface area contributed by atoms with Gasteiger partial charge in [0.2, 0.25) is 5.91 Å². The van der Waals surface area contributed by atoms with E-state index in [1.54, 1.807) is 0 Å². The molecule has 158 valence electrons. The molecule has 1 heterocycles. The fraction of sp³-hybridized carbons (Fsp3) is 0.619. The van der Waals surface area contributed by atoms with Gasteiger partial charge in [-0.1, -0.05) is 24.6 Å². The van der Waals surface area contributed by atoms with E-state index in [0.29, 0.717) is 32.0 Å². The SMILES string of the molecule is CCNC(=NCCC(=O)N1CCCC(C)C1)NCCOc1ccc(C)cc1.I. The van der Waals surface area contributed by atoms with Crippen LogP contribution in [0.2, 0.25) is 0 Å². The van der Waals surface area contributed by atoms with Crippen molar-refractivity contribution in [3.05, 3.63) is 29.8 Å². The molecule has 0 aromatic heterocycles. The number of likely N-dealkylation sites (tertiary alicyclic amines) is 1. The lowest BCUT2D eigenvalue weighted by Gasteiger charge is -2.30. The van der Waals surface area contributed by atoms with Gasteiger partial charge in [-0.3, -0.25) is 9.79 Å². The second-order valence-corrected chi connectivity index (χ2v) is 7.19. The van der Waals surface area contributed by atoms with Crippen LogP contribution >= 0.6 is 24.0 Å². The summed E-state index contributed by atoms with van der Waals surface area (Å²) in [6.07, 6.45) is 2.80. The topological polar surface area (TPSA) is 66.0 Å². The Hall–Kier alpha value is -1.51. The molecule has 0 bridgehead atoms. The monoisotopic (exact) mass is 502 g/mol. The fourth-order valence-corrected chi connectivity index (χ4v) is 3.15. The van der Waals surface area contributed by atoms with Gasteiger partial charge in [0, 0.05) is 26.1 Å². The van der Waals surface area contributed by atoms with Gasteiger partial charge in [-0.15, -0.1) is 24.0 Å². The van der Waals surface area contributed by atoms with Crippen LogP contribution in [-0.2, 0) is 4.79 Å². The predicted molar refractivity (Wildman–Crippen MR) is 126 cm³/mol. The van der Waals surface area contributed by atoms with Crippen molar-refractivity contribution in [1.29, 1.82) is 0 Å². The number of guanidine groups is 1. The molecule has 1 saturated heterocycles. The molecule has 2 rings (SSSR count). The summed E-state index contributed by atoms with van der Waals surface area (Å²) in [4.78, 5) is 18.8.